The molecule has 0 N–H and O–H groups in total. The zero-order valence-corrected chi connectivity index (χ0v) is 17.9. The highest BCUT2D eigenvalue weighted by molar-refractivity contribution is 7.95. The van der Waals surface area contributed by atoms with Crippen molar-refractivity contribution in [3.05, 3.63) is 9.22 Å². The van der Waals surface area contributed by atoms with Crippen molar-refractivity contribution in [1.29, 1.82) is 0 Å². The van der Waals surface area contributed by atoms with Gasteiger partial charge in [-0.2, -0.15) is 0 Å². The molecule has 1 heterocycles. The lowest BCUT2D eigenvalue weighted by atomic mass is 9.50. The van der Waals surface area contributed by atoms with Crippen LogP contribution in [0.15, 0.2) is 0 Å². The minimum atomic E-state index is 0.692. The first kappa shape index (κ1) is 15.5. The third kappa shape index (κ3) is 2.19. The molecule has 8 aliphatic carbocycles. The lowest BCUT2D eigenvalue weighted by Crippen LogP contribution is -2.48. The highest BCUT2D eigenvalue weighted by atomic mass is 32.1. The van der Waals surface area contributed by atoms with Crippen molar-refractivity contribution in [1.82, 2.24) is 0 Å². The molecule has 8 aliphatic rings. The predicted molar refractivity (Wildman–Crippen MR) is 109 cm³/mol. The lowest BCUT2D eigenvalue weighted by Gasteiger charge is -2.57. The third-order valence-corrected chi connectivity index (χ3v) is 15.5. The Morgan fingerprint density at radius 3 is 1.08 bits per heavy atom. The van der Waals surface area contributed by atoms with Crippen LogP contribution in [-0.4, -0.2) is 0 Å². The smallest absolute Gasteiger partial charge is 0.0431 e. The van der Waals surface area contributed by atoms with Gasteiger partial charge in [0, 0.05) is 20.0 Å². The van der Waals surface area contributed by atoms with Crippen molar-refractivity contribution in [2.24, 2.45) is 35.5 Å². The molecule has 8 fully saturated rings. The van der Waals surface area contributed by atoms with Crippen LogP contribution in [0, 0.1) is 35.5 Å². The summed E-state index contributed by atoms with van der Waals surface area (Å²) in [7, 11) is 3.47. The second-order valence-corrected chi connectivity index (χ2v) is 15.4. The Morgan fingerprint density at radius 1 is 0.520 bits per heavy atom. The van der Waals surface area contributed by atoms with Crippen molar-refractivity contribution in [2.45, 2.75) is 87.9 Å². The van der Waals surface area contributed by atoms with Crippen LogP contribution < -0.4 is 0 Å². The zero-order valence-electron chi connectivity index (χ0n) is 15.3. The Bertz CT molecular complexity index is 590. The first-order valence-corrected chi connectivity index (χ1v) is 14.3. The quantitative estimate of drug-likeness (QED) is 0.484. The third-order valence-electron chi connectivity index (χ3n) is 9.41. The second-order valence-electron chi connectivity index (χ2n) is 11.3. The van der Waals surface area contributed by atoms with Crippen LogP contribution in [0.25, 0.3) is 0 Å². The standard InChI is InChI=1S/C22H30P2S/c1-13-2-15-3-14(1)8-21(7-13,9-15)19-23-24-20(25-19)22-10-16-4-17(11-22)6-18(5-16)12-22/h13-18H,1-12H2. The summed E-state index contributed by atoms with van der Waals surface area (Å²) in [5, 5.41) is 0. The monoisotopic (exact) mass is 388 g/mol. The van der Waals surface area contributed by atoms with Gasteiger partial charge in [-0.05, 0) is 128 Å². The van der Waals surface area contributed by atoms with Gasteiger partial charge < -0.3 is 0 Å². The summed E-state index contributed by atoms with van der Waals surface area (Å²) in [6.45, 7) is 0. The normalized spacial score (nSPS) is 55.8. The second kappa shape index (κ2) is 5.13. The van der Waals surface area contributed by atoms with Crippen LogP contribution in [0.2, 0.25) is 0 Å². The van der Waals surface area contributed by atoms with Gasteiger partial charge in [0.1, 0.15) is 0 Å². The van der Waals surface area contributed by atoms with Crippen molar-refractivity contribution < 1.29 is 0 Å². The highest BCUT2D eigenvalue weighted by Crippen LogP contribution is 2.68. The maximum absolute atomic E-state index is 2.40. The van der Waals surface area contributed by atoms with Crippen LogP contribution in [0.1, 0.15) is 86.3 Å². The molecule has 0 amide bonds. The lowest BCUT2D eigenvalue weighted by molar-refractivity contribution is -0.00294. The van der Waals surface area contributed by atoms with E-state index in [0.717, 1.165) is 35.5 Å². The summed E-state index contributed by atoms with van der Waals surface area (Å²) in [5.41, 5.74) is 1.38. The average Bonchev–Trinajstić information content (AvgIpc) is 3.04. The summed E-state index contributed by atoms with van der Waals surface area (Å²) in [6, 6.07) is 0. The van der Waals surface area contributed by atoms with Gasteiger partial charge in [0.15, 0.2) is 0 Å². The van der Waals surface area contributed by atoms with Gasteiger partial charge in [-0.1, -0.05) is 0 Å². The molecule has 0 spiro atoms. The molecule has 0 saturated heterocycles. The molecule has 0 radical (unpaired) electrons. The number of hydrogen-bond donors (Lipinski definition) is 0. The van der Waals surface area contributed by atoms with Gasteiger partial charge in [0.05, 0.1) is 0 Å². The van der Waals surface area contributed by atoms with Gasteiger partial charge in [0.25, 0.3) is 0 Å². The molecule has 0 aliphatic heterocycles. The molecule has 9 rings (SSSR count). The molecule has 8 saturated carbocycles. The van der Waals surface area contributed by atoms with Gasteiger partial charge in [-0.25, -0.2) is 0 Å². The Hall–Kier alpha value is 0.560. The summed E-state index contributed by atoms with van der Waals surface area (Å²) >= 11 is 2.40. The van der Waals surface area contributed by atoms with Gasteiger partial charge in [0.2, 0.25) is 0 Å². The summed E-state index contributed by atoms with van der Waals surface area (Å²) in [4.78, 5) is 0. The van der Waals surface area contributed by atoms with Crippen LogP contribution in [0.4, 0.5) is 0 Å². The van der Waals surface area contributed by atoms with E-state index in [0.29, 0.717) is 10.8 Å². The van der Waals surface area contributed by atoms with E-state index in [4.69, 9.17) is 0 Å². The van der Waals surface area contributed by atoms with E-state index in [1.807, 2.05) is 9.22 Å². The van der Waals surface area contributed by atoms with E-state index < -0.39 is 0 Å². The fraction of sp³-hybridized carbons (Fsp3) is 0.909. The molecule has 0 aromatic carbocycles. The minimum Gasteiger partial charge on any atom is -0.134 e. The minimum absolute atomic E-state index is 0.692. The van der Waals surface area contributed by atoms with Crippen LogP contribution in [0.3, 0.4) is 0 Å². The molecule has 0 atom stereocenters. The van der Waals surface area contributed by atoms with Crippen LogP contribution in [0.5, 0.6) is 0 Å². The fourth-order valence-corrected chi connectivity index (χ4v) is 16.0. The first-order valence-electron chi connectivity index (χ1n) is 11.0. The van der Waals surface area contributed by atoms with E-state index in [1.54, 1.807) is 92.8 Å². The van der Waals surface area contributed by atoms with Gasteiger partial charge in [-0.15, -0.1) is 11.3 Å². The van der Waals surface area contributed by atoms with E-state index in [2.05, 4.69) is 11.3 Å². The maximum Gasteiger partial charge on any atom is 0.0431 e. The van der Waals surface area contributed by atoms with Crippen molar-refractivity contribution >= 4 is 27.1 Å². The molecular formula is C22H30P2S. The van der Waals surface area contributed by atoms with E-state index >= 15 is 0 Å². The molecule has 3 heteroatoms. The Morgan fingerprint density at radius 2 is 0.800 bits per heavy atom. The molecule has 134 valence electrons. The van der Waals surface area contributed by atoms with Crippen LogP contribution >= 0.6 is 27.1 Å². The van der Waals surface area contributed by atoms with E-state index in [-0.39, 0.29) is 0 Å². The largest absolute Gasteiger partial charge is 0.134 e. The molecule has 1 aromatic rings. The first-order chi connectivity index (χ1) is 12.2. The Balaban J connectivity index is 1.25. The molecule has 8 bridgehead atoms. The maximum atomic E-state index is 2.40. The summed E-state index contributed by atoms with van der Waals surface area (Å²) in [5.74, 6) is 6.64. The fourth-order valence-electron chi connectivity index (χ4n) is 9.40. The predicted octanol–water partition coefficient (Wildman–Crippen LogP) is 7.84. The SMILES string of the molecule is C1C2CC3CC1CC(c1ppc(C45CC6CC(CC(C6)C4)C5)s1)(C2)C3. The zero-order chi connectivity index (χ0) is 16.2. The molecule has 1 aromatic heterocycles. The number of rotatable bonds is 2. The highest BCUT2D eigenvalue weighted by Gasteiger charge is 2.55. The van der Waals surface area contributed by atoms with Gasteiger partial charge in [-0.3, -0.25) is 0 Å². The van der Waals surface area contributed by atoms with Crippen molar-refractivity contribution in [3.8, 4) is 0 Å². The molecule has 25 heavy (non-hydrogen) atoms. The average molecular weight is 388 g/mol. The molecule has 0 unspecified atom stereocenters. The molecular weight excluding hydrogens is 358 g/mol. The van der Waals surface area contributed by atoms with Crippen molar-refractivity contribution in [3.63, 3.8) is 0 Å². The van der Waals surface area contributed by atoms with E-state index in [9.17, 15) is 0 Å². The summed E-state index contributed by atoms with van der Waals surface area (Å²) < 4.78 is 3.94. The van der Waals surface area contributed by atoms with Crippen molar-refractivity contribution in [2.75, 3.05) is 0 Å². The Labute approximate surface area is 159 Å². The van der Waals surface area contributed by atoms with E-state index in [1.165, 1.54) is 0 Å². The Kier molecular flexibility index (Phi) is 3.18. The molecule has 0 nitrogen and oxygen atoms in total. The topological polar surface area (TPSA) is 0 Å². The van der Waals surface area contributed by atoms with Gasteiger partial charge >= 0.3 is 0 Å². The number of hydrogen-bond acceptors (Lipinski definition) is 1. The van der Waals surface area contributed by atoms with Crippen LogP contribution in [-0.2, 0) is 10.8 Å². The summed E-state index contributed by atoms with van der Waals surface area (Å²) in [6.07, 6.45) is 19.1.